The van der Waals surface area contributed by atoms with Crippen LogP contribution in [-0.4, -0.2) is 56.5 Å². The molecule has 0 fully saturated rings. The van der Waals surface area contributed by atoms with Crippen LogP contribution in [0, 0.1) is 11.3 Å². The molecule has 0 saturated carbocycles. The molecule has 0 aliphatic carbocycles. The van der Waals surface area contributed by atoms with Gasteiger partial charge in [-0.05, 0) is 49.3 Å². The summed E-state index contributed by atoms with van der Waals surface area (Å²) in [7, 11) is -3.17. The Morgan fingerprint density at radius 1 is 1.20 bits per heavy atom. The molecule has 0 aliphatic rings. The van der Waals surface area contributed by atoms with Gasteiger partial charge in [0.2, 0.25) is 12.7 Å². The quantitative estimate of drug-likeness (QED) is 0.146. The van der Waals surface area contributed by atoms with Crippen molar-refractivity contribution >= 4 is 36.9 Å². The number of carboxylic acids is 1. The average Bonchev–Trinajstić information content (AvgIpc) is 3.16. The third-order valence-corrected chi connectivity index (χ3v) is 5.86. The van der Waals surface area contributed by atoms with Crippen molar-refractivity contribution in [3.05, 3.63) is 36.0 Å². The topological polar surface area (TPSA) is 158 Å². The van der Waals surface area contributed by atoms with Gasteiger partial charge in [0, 0.05) is 23.5 Å². The highest BCUT2D eigenvalue weighted by Gasteiger charge is 2.43. The number of hydrogen-bond donors (Lipinski definition) is 4. The lowest BCUT2D eigenvalue weighted by Gasteiger charge is -2.24. The summed E-state index contributed by atoms with van der Waals surface area (Å²) in [5.41, 5.74) is 0.711. The summed E-state index contributed by atoms with van der Waals surface area (Å²) in [6, 6.07) is 4.76. The van der Waals surface area contributed by atoms with Crippen LogP contribution in [0.15, 0.2) is 30.5 Å². The third-order valence-electron chi connectivity index (χ3n) is 5.13. The molecule has 4 N–H and O–H groups in total. The van der Waals surface area contributed by atoms with Gasteiger partial charge in [0.15, 0.2) is 6.04 Å². The predicted octanol–water partition coefficient (Wildman–Crippen LogP) is 3.12. The number of ether oxygens (including phenoxy) is 1. The lowest BCUT2D eigenvalue weighted by atomic mass is 9.98. The molecule has 0 saturated heterocycles. The molecule has 3 atom stereocenters. The SMILES string of the molecule is CC(C)C[C@@H](C(=O)N[C@@H](Cc1c[nH]c2ccccc12)C(=O)O)N(OCOC(=O)C(C)(C)C)[P+](=O)O. The zero-order chi connectivity index (χ0) is 26.3. The number of hydrogen-bond acceptors (Lipinski definition) is 6. The summed E-state index contributed by atoms with van der Waals surface area (Å²) in [4.78, 5) is 55.7. The largest absolute Gasteiger partial charge is 0.640 e. The van der Waals surface area contributed by atoms with Crippen molar-refractivity contribution in [3.63, 3.8) is 0 Å². The van der Waals surface area contributed by atoms with Crippen molar-refractivity contribution in [2.45, 2.75) is 59.5 Å². The van der Waals surface area contributed by atoms with Gasteiger partial charge in [-0.1, -0.05) is 32.0 Å². The molecule has 1 unspecified atom stereocenters. The first-order valence-corrected chi connectivity index (χ1v) is 12.3. The van der Waals surface area contributed by atoms with Gasteiger partial charge in [0.1, 0.15) is 6.04 Å². The Balaban J connectivity index is 2.19. The van der Waals surface area contributed by atoms with E-state index in [4.69, 9.17) is 9.57 Å². The van der Waals surface area contributed by atoms with Crippen LogP contribution in [-0.2, 0) is 34.9 Å². The molecule has 35 heavy (non-hydrogen) atoms. The first-order valence-electron chi connectivity index (χ1n) is 11.1. The predicted molar refractivity (Wildman–Crippen MR) is 128 cm³/mol. The van der Waals surface area contributed by atoms with E-state index in [1.165, 1.54) is 0 Å². The number of esters is 1. The number of fused-ring (bicyclic) bond motifs is 1. The van der Waals surface area contributed by atoms with Crippen molar-refractivity contribution < 1.29 is 38.5 Å². The molecule has 0 spiro atoms. The molecular weight excluding hydrogens is 477 g/mol. The zero-order valence-electron chi connectivity index (χ0n) is 20.5. The molecule has 1 amide bonds. The number of aliphatic carboxylic acids is 1. The number of nitrogens with zero attached hydrogens (tertiary/aromatic N) is 1. The summed E-state index contributed by atoms with van der Waals surface area (Å²) in [6.07, 6.45) is 1.76. The number of carbonyl (C=O) groups is 3. The molecule has 0 aliphatic heterocycles. The maximum atomic E-state index is 13.1. The van der Waals surface area contributed by atoms with Gasteiger partial charge in [-0.15, -0.1) is 4.89 Å². The molecule has 12 heteroatoms. The zero-order valence-corrected chi connectivity index (χ0v) is 21.4. The van der Waals surface area contributed by atoms with Gasteiger partial charge < -0.3 is 20.1 Å². The van der Waals surface area contributed by atoms with Gasteiger partial charge in [-0.25, -0.2) is 9.63 Å². The molecule has 1 aromatic heterocycles. The molecule has 2 aromatic rings. The lowest BCUT2D eigenvalue weighted by Crippen LogP contribution is -2.51. The van der Waals surface area contributed by atoms with E-state index in [1.54, 1.807) is 40.8 Å². The van der Waals surface area contributed by atoms with Crippen molar-refractivity contribution in [3.8, 4) is 0 Å². The summed E-state index contributed by atoms with van der Waals surface area (Å²) >= 11 is 0. The molecule has 0 bridgehead atoms. The van der Waals surface area contributed by atoms with E-state index in [-0.39, 0.29) is 18.8 Å². The van der Waals surface area contributed by atoms with E-state index >= 15 is 0 Å². The highest BCUT2D eigenvalue weighted by atomic mass is 31.1. The highest BCUT2D eigenvalue weighted by Crippen LogP contribution is 2.29. The Bertz CT molecular complexity index is 1060. The summed E-state index contributed by atoms with van der Waals surface area (Å²) in [5.74, 6) is -2.77. The fourth-order valence-electron chi connectivity index (χ4n) is 3.34. The molecule has 1 heterocycles. The number of rotatable bonds is 12. The summed E-state index contributed by atoms with van der Waals surface area (Å²) < 4.78 is 17.0. The van der Waals surface area contributed by atoms with Crippen LogP contribution in [0.3, 0.4) is 0 Å². The third kappa shape index (κ3) is 8.10. The minimum absolute atomic E-state index is 0.00516. The number of nitrogens with one attached hydrogen (secondary N) is 2. The fourth-order valence-corrected chi connectivity index (χ4v) is 3.92. The molecule has 11 nitrogen and oxygen atoms in total. The number of aromatic amines is 1. The maximum absolute atomic E-state index is 13.1. The number of carboxylic acid groups (broad SMARTS) is 1. The van der Waals surface area contributed by atoms with Crippen molar-refractivity contribution in [1.82, 2.24) is 15.1 Å². The standard InChI is InChI=1S/C23H32N3O8P/c1-14(2)10-19(26(35(31)32)34-13-33-22(30)23(3,4)5)20(27)25-18(21(28)29)11-15-12-24-17-9-7-6-8-16(15)17/h6-9,12,14,18-19,24H,10-11,13H2,1-5H3,(H2-,25,27,28,29,31,32)/p+1/t18-,19-/m0/s1. The van der Waals surface area contributed by atoms with E-state index in [1.807, 2.05) is 24.3 Å². The van der Waals surface area contributed by atoms with E-state index in [0.717, 1.165) is 10.9 Å². The monoisotopic (exact) mass is 510 g/mol. The highest BCUT2D eigenvalue weighted by molar-refractivity contribution is 7.35. The summed E-state index contributed by atoms with van der Waals surface area (Å²) in [6.45, 7) is 7.81. The smallest absolute Gasteiger partial charge is 0.480 e. The minimum atomic E-state index is -3.17. The van der Waals surface area contributed by atoms with Gasteiger partial charge in [-0.2, -0.15) is 0 Å². The Morgan fingerprint density at radius 3 is 2.43 bits per heavy atom. The van der Waals surface area contributed by atoms with Gasteiger partial charge in [-0.3, -0.25) is 9.59 Å². The molecular formula is C23H33N3O8P+. The fraction of sp³-hybridized carbons (Fsp3) is 0.522. The van der Waals surface area contributed by atoms with Crippen LogP contribution in [0.4, 0.5) is 0 Å². The number of amides is 1. The van der Waals surface area contributed by atoms with Crippen LogP contribution in [0.2, 0.25) is 0 Å². The maximum Gasteiger partial charge on any atom is 0.640 e. The van der Waals surface area contributed by atoms with E-state index in [0.29, 0.717) is 10.4 Å². The first-order chi connectivity index (χ1) is 16.3. The van der Waals surface area contributed by atoms with Crippen LogP contribution in [0.25, 0.3) is 10.9 Å². The van der Waals surface area contributed by atoms with E-state index in [9.17, 15) is 28.9 Å². The second kappa shape index (κ2) is 12.2. The van der Waals surface area contributed by atoms with Crippen molar-refractivity contribution in [1.29, 1.82) is 0 Å². The molecule has 2 rings (SSSR count). The molecule has 1 aromatic carbocycles. The Kier molecular flexibility index (Phi) is 9.91. The van der Waals surface area contributed by atoms with Crippen LogP contribution >= 0.6 is 8.18 Å². The van der Waals surface area contributed by atoms with Crippen molar-refractivity contribution in [2.24, 2.45) is 11.3 Å². The number of para-hydroxylation sites is 1. The first kappa shape index (κ1) is 28.4. The minimum Gasteiger partial charge on any atom is -0.480 e. The summed E-state index contributed by atoms with van der Waals surface area (Å²) in [5, 5.41) is 13.0. The normalized spacial score (nSPS) is 14.1. The Hall–Kier alpha value is -2.85. The number of hydroxylamine groups is 1. The van der Waals surface area contributed by atoms with Gasteiger partial charge >= 0.3 is 20.1 Å². The van der Waals surface area contributed by atoms with Crippen LogP contribution in [0.1, 0.15) is 46.6 Å². The number of aromatic nitrogens is 1. The lowest BCUT2D eigenvalue weighted by molar-refractivity contribution is -0.207. The number of carbonyl (C=O) groups excluding carboxylic acids is 2. The van der Waals surface area contributed by atoms with Crippen LogP contribution in [0.5, 0.6) is 0 Å². The van der Waals surface area contributed by atoms with Gasteiger partial charge in [0.05, 0.1) is 10.2 Å². The van der Waals surface area contributed by atoms with Crippen LogP contribution < -0.4 is 5.32 Å². The Labute approximate surface area is 204 Å². The van der Waals surface area contributed by atoms with Crippen molar-refractivity contribution in [2.75, 3.05) is 6.79 Å². The second-order valence-corrected chi connectivity index (χ2v) is 10.5. The number of benzene rings is 1. The van der Waals surface area contributed by atoms with E-state index < -0.39 is 50.3 Å². The average molecular weight is 511 g/mol. The number of H-pyrrole nitrogens is 1. The Morgan fingerprint density at radius 2 is 1.86 bits per heavy atom. The molecule has 0 radical (unpaired) electrons. The van der Waals surface area contributed by atoms with Gasteiger partial charge in [0.25, 0.3) is 0 Å². The molecule has 192 valence electrons. The van der Waals surface area contributed by atoms with E-state index in [2.05, 4.69) is 10.3 Å². The second-order valence-electron chi connectivity index (χ2n) is 9.59.